The monoisotopic (exact) mass is 224 g/mol. The van der Waals surface area contributed by atoms with Crippen LogP contribution in [0.15, 0.2) is 0 Å². The summed E-state index contributed by atoms with van der Waals surface area (Å²) in [5.41, 5.74) is 0.915. The molecule has 0 radical (unpaired) electrons. The summed E-state index contributed by atoms with van der Waals surface area (Å²) >= 11 is 0. The van der Waals surface area contributed by atoms with Gasteiger partial charge in [-0.2, -0.15) is 0 Å². The Bertz CT molecular complexity index is 254. The third-order valence-corrected chi connectivity index (χ3v) is 5.28. The van der Waals surface area contributed by atoms with E-state index in [4.69, 9.17) is 0 Å². The average molecular weight is 224 g/mol. The van der Waals surface area contributed by atoms with E-state index in [2.05, 4.69) is 27.7 Å². The maximum absolute atomic E-state index is 11.4. The van der Waals surface area contributed by atoms with Gasteiger partial charge in [-0.25, -0.2) is 0 Å². The first-order chi connectivity index (χ1) is 7.32. The number of carbonyl (C=O) groups excluding carboxylic acids is 1. The Balaban J connectivity index is 2.57. The molecule has 1 saturated carbocycles. The Hall–Kier alpha value is -0.330. The van der Waals surface area contributed by atoms with Gasteiger partial charge in [0.1, 0.15) is 5.78 Å². The first kappa shape index (κ1) is 13.7. The summed E-state index contributed by atoms with van der Waals surface area (Å²) in [6, 6.07) is 0. The second kappa shape index (κ2) is 4.89. The molecule has 0 spiro atoms. The van der Waals surface area contributed by atoms with Gasteiger partial charge in [0.05, 0.1) is 0 Å². The zero-order valence-corrected chi connectivity index (χ0v) is 11.7. The van der Waals surface area contributed by atoms with Crippen LogP contribution < -0.4 is 0 Å². The molecule has 0 N–H and O–H groups in total. The molecule has 0 aliphatic heterocycles. The highest BCUT2D eigenvalue weighted by Gasteiger charge is 2.44. The molecule has 1 rings (SSSR count). The van der Waals surface area contributed by atoms with E-state index < -0.39 is 0 Å². The number of hydrogen-bond donors (Lipinski definition) is 0. The van der Waals surface area contributed by atoms with E-state index in [1.165, 1.54) is 25.7 Å². The molecular formula is C15H28O. The lowest BCUT2D eigenvalue weighted by Crippen LogP contribution is -2.30. The summed E-state index contributed by atoms with van der Waals surface area (Å²) < 4.78 is 0. The van der Waals surface area contributed by atoms with Gasteiger partial charge in [0, 0.05) is 5.92 Å². The molecule has 94 valence electrons. The molecule has 1 aliphatic rings. The van der Waals surface area contributed by atoms with Gasteiger partial charge in [-0.15, -0.1) is 0 Å². The Kier molecular flexibility index (Phi) is 4.20. The lowest BCUT2D eigenvalue weighted by atomic mass is 9.66. The van der Waals surface area contributed by atoms with Crippen LogP contribution in [0.3, 0.4) is 0 Å². The van der Waals surface area contributed by atoms with Gasteiger partial charge in [-0.05, 0) is 49.9 Å². The summed E-state index contributed by atoms with van der Waals surface area (Å²) in [4.78, 5) is 11.4. The van der Waals surface area contributed by atoms with Crippen molar-refractivity contribution in [3.63, 3.8) is 0 Å². The SMILES string of the molecule is CCC(CCC1(C)CCCC1(C)C)C(C)=O. The van der Waals surface area contributed by atoms with Gasteiger partial charge in [0.2, 0.25) is 0 Å². The van der Waals surface area contributed by atoms with E-state index in [9.17, 15) is 4.79 Å². The Labute approximate surface area is 101 Å². The van der Waals surface area contributed by atoms with Gasteiger partial charge in [-0.1, -0.05) is 34.1 Å². The van der Waals surface area contributed by atoms with Crippen molar-refractivity contribution in [2.45, 2.75) is 73.1 Å². The Morgan fingerprint density at radius 1 is 1.25 bits per heavy atom. The molecular weight excluding hydrogens is 196 g/mol. The molecule has 0 amide bonds. The van der Waals surface area contributed by atoms with Gasteiger partial charge < -0.3 is 0 Å². The molecule has 1 heteroatoms. The minimum atomic E-state index is 0.299. The molecule has 0 aromatic rings. The highest BCUT2D eigenvalue weighted by molar-refractivity contribution is 5.78. The first-order valence-corrected chi connectivity index (χ1v) is 6.83. The van der Waals surface area contributed by atoms with Crippen molar-refractivity contribution in [3.8, 4) is 0 Å². The molecule has 1 fully saturated rings. The van der Waals surface area contributed by atoms with E-state index >= 15 is 0 Å². The standard InChI is InChI=1S/C15H28O/c1-6-13(12(2)16)8-11-15(5)10-7-9-14(15,3)4/h13H,6-11H2,1-5H3. The van der Waals surface area contributed by atoms with Gasteiger partial charge in [0.15, 0.2) is 0 Å². The van der Waals surface area contributed by atoms with Crippen LogP contribution in [0.5, 0.6) is 0 Å². The fraction of sp³-hybridized carbons (Fsp3) is 0.933. The lowest BCUT2D eigenvalue weighted by Gasteiger charge is -2.39. The molecule has 1 nitrogen and oxygen atoms in total. The van der Waals surface area contributed by atoms with Crippen molar-refractivity contribution in [1.29, 1.82) is 0 Å². The van der Waals surface area contributed by atoms with E-state index in [1.54, 1.807) is 6.92 Å². The Morgan fingerprint density at radius 2 is 1.88 bits per heavy atom. The van der Waals surface area contributed by atoms with Crippen LogP contribution in [0.4, 0.5) is 0 Å². The summed E-state index contributed by atoms with van der Waals surface area (Å²) in [5, 5.41) is 0. The van der Waals surface area contributed by atoms with Gasteiger partial charge in [-0.3, -0.25) is 4.79 Å². The van der Waals surface area contributed by atoms with Gasteiger partial charge >= 0.3 is 0 Å². The van der Waals surface area contributed by atoms with Crippen LogP contribution >= 0.6 is 0 Å². The van der Waals surface area contributed by atoms with E-state index in [-0.39, 0.29) is 0 Å². The number of ketones is 1. The van der Waals surface area contributed by atoms with Crippen LogP contribution in [-0.4, -0.2) is 5.78 Å². The summed E-state index contributed by atoms with van der Waals surface area (Å²) in [5.74, 6) is 0.676. The van der Waals surface area contributed by atoms with Crippen molar-refractivity contribution in [1.82, 2.24) is 0 Å². The molecule has 1 aliphatic carbocycles. The highest BCUT2D eigenvalue weighted by atomic mass is 16.1. The van der Waals surface area contributed by atoms with Gasteiger partial charge in [0.25, 0.3) is 0 Å². The predicted molar refractivity (Wildman–Crippen MR) is 69.4 cm³/mol. The van der Waals surface area contributed by atoms with Crippen LogP contribution in [0.25, 0.3) is 0 Å². The third kappa shape index (κ3) is 2.67. The molecule has 16 heavy (non-hydrogen) atoms. The normalized spacial score (nSPS) is 30.3. The van der Waals surface area contributed by atoms with Crippen molar-refractivity contribution in [2.75, 3.05) is 0 Å². The lowest BCUT2D eigenvalue weighted by molar-refractivity contribution is -0.121. The predicted octanol–water partition coefficient (Wildman–Crippen LogP) is 4.60. The maximum atomic E-state index is 11.4. The largest absolute Gasteiger partial charge is 0.300 e. The van der Waals surface area contributed by atoms with Crippen LogP contribution in [0.2, 0.25) is 0 Å². The average Bonchev–Trinajstić information content (AvgIpc) is 2.42. The fourth-order valence-corrected chi connectivity index (χ4v) is 3.21. The maximum Gasteiger partial charge on any atom is 0.132 e. The fourth-order valence-electron chi connectivity index (χ4n) is 3.21. The number of carbonyl (C=O) groups is 1. The molecule has 2 unspecified atom stereocenters. The van der Waals surface area contributed by atoms with Crippen molar-refractivity contribution in [2.24, 2.45) is 16.7 Å². The molecule has 0 heterocycles. The second-order valence-electron chi connectivity index (χ2n) is 6.55. The molecule has 0 saturated heterocycles. The number of hydrogen-bond acceptors (Lipinski definition) is 1. The summed E-state index contributed by atoms with van der Waals surface area (Å²) in [7, 11) is 0. The third-order valence-electron chi connectivity index (χ3n) is 5.28. The quantitative estimate of drug-likeness (QED) is 0.667. The van der Waals surface area contributed by atoms with E-state index in [0.29, 0.717) is 22.5 Å². The van der Waals surface area contributed by atoms with Crippen molar-refractivity contribution >= 4 is 5.78 Å². The summed E-state index contributed by atoms with van der Waals surface area (Å²) in [6.07, 6.45) is 7.37. The minimum Gasteiger partial charge on any atom is -0.300 e. The minimum absolute atomic E-state index is 0.299. The van der Waals surface area contributed by atoms with E-state index in [0.717, 1.165) is 12.8 Å². The Morgan fingerprint density at radius 3 is 2.25 bits per heavy atom. The number of Topliss-reactive ketones (excluding diaryl/α,β-unsaturated/α-hetero) is 1. The van der Waals surface area contributed by atoms with Crippen LogP contribution in [-0.2, 0) is 4.79 Å². The zero-order chi connectivity index (χ0) is 12.4. The van der Waals surface area contributed by atoms with Crippen LogP contribution in [0.1, 0.15) is 73.1 Å². The van der Waals surface area contributed by atoms with Crippen molar-refractivity contribution < 1.29 is 4.79 Å². The first-order valence-electron chi connectivity index (χ1n) is 6.83. The number of rotatable bonds is 5. The second-order valence-corrected chi connectivity index (χ2v) is 6.55. The topological polar surface area (TPSA) is 17.1 Å². The molecule has 0 aromatic carbocycles. The highest BCUT2D eigenvalue weighted by Crippen LogP contribution is 2.55. The molecule has 2 atom stereocenters. The summed E-state index contributed by atoms with van der Waals surface area (Å²) in [6.45, 7) is 11.1. The van der Waals surface area contributed by atoms with E-state index in [1.807, 2.05) is 0 Å². The smallest absolute Gasteiger partial charge is 0.132 e. The molecule has 0 aromatic heterocycles. The zero-order valence-electron chi connectivity index (χ0n) is 11.7. The van der Waals surface area contributed by atoms with Crippen LogP contribution in [0, 0.1) is 16.7 Å². The molecule has 0 bridgehead atoms. The van der Waals surface area contributed by atoms with Crippen molar-refractivity contribution in [3.05, 3.63) is 0 Å².